The van der Waals surface area contributed by atoms with Gasteiger partial charge < -0.3 is 15.1 Å². The smallest absolute Gasteiger partial charge is 0.295 e. The maximum absolute atomic E-state index is 14.6. The third-order valence-electron chi connectivity index (χ3n) is 6.01. The number of carbonyl (C=O) groups is 2. The summed E-state index contributed by atoms with van der Waals surface area (Å²) in [6.45, 7) is 2.78. The number of ketones is 1. The van der Waals surface area contributed by atoms with Gasteiger partial charge in [0.1, 0.15) is 11.4 Å². The minimum Gasteiger partial charge on any atom is -0.411 e. The van der Waals surface area contributed by atoms with Gasteiger partial charge in [0.05, 0.1) is 28.4 Å². The van der Waals surface area contributed by atoms with Crippen LogP contribution in [0.15, 0.2) is 47.9 Å². The fourth-order valence-electron chi connectivity index (χ4n) is 4.14. The molecule has 0 radical (unpaired) electrons. The van der Waals surface area contributed by atoms with Gasteiger partial charge in [-0.25, -0.2) is 20.6 Å². The van der Waals surface area contributed by atoms with Crippen LogP contribution < -0.4 is 22.1 Å². The Morgan fingerprint density at radius 1 is 1.26 bits per heavy atom. The number of anilines is 1. The number of halogens is 1. The van der Waals surface area contributed by atoms with E-state index >= 15 is 0 Å². The second kappa shape index (κ2) is 10.1. The lowest BCUT2D eigenvalue weighted by molar-refractivity contribution is -0.128. The summed E-state index contributed by atoms with van der Waals surface area (Å²) < 4.78 is 14.6. The minimum atomic E-state index is -0.849. The number of pyridine rings is 1. The molecule has 3 heterocycles. The molecule has 13 heteroatoms. The third kappa shape index (κ3) is 4.57. The molecule has 0 aliphatic carbocycles. The fraction of sp³-hybridized carbons (Fsp3) is 0.273. The fourth-order valence-corrected chi connectivity index (χ4v) is 4.14. The van der Waals surface area contributed by atoms with Crippen LogP contribution in [0.5, 0.6) is 0 Å². The number of Topliss-reactive ketones (excluding diaryl/α,β-unsaturated/α-hetero) is 1. The van der Waals surface area contributed by atoms with E-state index in [1.54, 1.807) is 0 Å². The molecule has 1 atom stereocenters. The molecule has 35 heavy (non-hydrogen) atoms. The molecule has 0 bridgehead atoms. The highest BCUT2D eigenvalue weighted by molar-refractivity contribution is 6.45. The summed E-state index contributed by atoms with van der Waals surface area (Å²) in [5.41, 5.74) is 3.79. The van der Waals surface area contributed by atoms with Crippen LogP contribution in [0.25, 0.3) is 10.9 Å². The number of aromatic nitrogens is 2. The maximum atomic E-state index is 14.6. The molecule has 7 N–H and O–H groups in total. The Kier molecular flexibility index (Phi) is 7.02. The molecule has 1 amide bonds. The molecule has 1 saturated heterocycles. The van der Waals surface area contributed by atoms with Crippen molar-refractivity contribution in [1.29, 1.82) is 0 Å². The number of oxime groups is 1. The Balaban J connectivity index is 1.48. The highest BCUT2D eigenvalue weighted by atomic mass is 19.1. The number of amides is 1. The summed E-state index contributed by atoms with van der Waals surface area (Å²) in [6.07, 6.45) is 1.65. The van der Waals surface area contributed by atoms with Gasteiger partial charge in [-0.15, -0.1) is 0 Å². The molecule has 1 unspecified atom stereocenters. The zero-order valence-electron chi connectivity index (χ0n) is 19.0. The zero-order valence-corrected chi connectivity index (χ0v) is 19.0. The highest BCUT2D eigenvalue weighted by Gasteiger charge is 2.32. The summed E-state index contributed by atoms with van der Waals surface area (Å²) in [6, 6.07) is 9.28. The molecule has 4 rings (SSSR count). The van der Waals surface area contributed by atoms with Crippen LogP contribution in [0.2, 0.25) is 0 Å². The van der Waals surface area contributed by atoms with Crippen LogP contribution >= 0.6 is 0 Å². The lowest BCUT2D eigenvalue weighted by Gasteiger charge is -2.42. The second-order valence-corrected chi connectivity index (χ2v) is 8.03. The number of carbonyl (C=O) groups excluding carboxylic acids is 2. The molecule has 0 saturated carbocycles. The van der Waals surface area contributed by atoms with E-state index in [4.69, 9.17) is 16.9 Å². The summed E-state index contributed by atoms with van der Waals surface area (Å²) in [5.74, 6) is 9.62. The van der Waals surface area contributed by atoms with Gasteiger partial charge >= 0.3 is 0 Å². The topological polar surface area (TPSA) is 169 Å². The van der Waals surface area contributed by atoms with Crippen LogP contribution in [0.4, 0.5) is 10.1 Å². The molecule has 184 valence electrons. The van der Waals surface area contributed by atoms with Crippen molar-refractivity contribution < 1.29 is 19.2 Å². The van der Waals surface area contributed by atoms with Crippen LogP contribution in [0.1, 0.15) is 23.0 Å². The van der Waals surface area contributed by atoms with Crippen molar-refractivity contribution in [1.82, 2.24) is 25.2 Å². The monoisotopic (exact) mass is 483 g/mol. The molecule has 0 spiro atoms. The number of nitrogens with two attached hydrogens (primary N) is 2. The standard InChI is InChI=1S/C22H26FN9O3/c1-13(29-35)18-19-17(16(23)12-27-18)15(11-26-19)20(33)21(34)30-7-9-31(10-8-30)22(28-24)32(25)14-5-3-2-4-6-14/h2-6,11-12,22,26,28,35H,7-10,24-25H2,1H3/b29-13+. The molecule has 1 aromatic carbocycles. The number of piperazine rings is 1. The first-order valence-corrected chi connectivity index (χ1v) is 10.8. The van der Waals surface area contributed by atoms with E-state index in [0.29, 0.717) is 13.1 Å². The summed E-state index contributed by atoms with van der Waals surface area (Å²) in [5, 5.41) is 13.5. The van der Waals surface area contributed by atoms with Crippen LogP contribution in [0.3, 0.4) is 0 Å². The largest absolute Gasteiger partial charge is 0.411 e. The Labute approximate surface area is 199 Å². The van der Waals surface area contributed by atoms with E-state index in [9.17, 15) is 14.0 Å². The maximum Gasteiger partial charge on any atom is 0.295 e. The number of benzene rings is 1. The number of aromatic amines is 1. The quantitative estimate of drug-likeness (QED) is 0.0605. The molecule has 1 aliphatic heterocycles. The normalized spacial score (nSPS) is 15.9. The van der Waals surface area contributed by atoms with Gasteiger partial charge in [0.15, 0.2) is 12.1 Å². The number of nitrogens with one attached hydrogen (secondary N) is 2. The summed E-state index contributed by atoms with van der Waals surface area (Å²) in [7, 11) is 0. The van der Waals surface area contributed by atoms with E-state index in [2.05, 4.69) is 20.5 Å². The van der Waals surface area contributed by atoms with Gasteiger partial charge in [-0.05, 0) is 19.1 Å². The number of nitrogens with zero attached hydrogens (tertiary/aromatic N) is 5. The predicted molar refractivity (Wildman–Crippen MR) is 127 cm³/mol. The molecule has 12 nitrogen and oxygen atoms in total. The van der Waals surface area contributed by atoms with E-state index < -0.39 is 23.8 Å². The number of para-hydroxylation sites is 1. The van der Waals surface area contributed by atoms with Gasteiger partial charge in [-0.2, -0.15) is 0 Å². The molecule has 1 fully saturated rings. The molecule has 3 aromatic rings. The first-order chi connectivity index (χ1) is 16.9. The van der Waals surface area contributed by atoms with Crippen LogP contribution in [-0.2, 0) is 4.79 Å². The van der Waals surface area contributed by atoms with Gasteiger partial charge in [0.25, 0.3) is 11.7 Å². The van der Waals surface area contributed by atoms with Gasteiger partial charge in [0.2, 0.25) is 0 Å². The third-order valence-corrected chi connectivity index (χ3v) is 6.01. The first-order valence-electron chi connectivity index (χ1n) is 10.8. The first kappa shape index (κ1) is 24.2. The average Bonchev–Trinajstić information content (AvgIpc) is 3.35. The van der Waals surface area contributed by atoms with Crippen LogP contribution in [0, 0.1) is 5.82 Å². The highest BCUT2D eigenvalue weighted by Crippen LogP contribution is 2.25. The predicted octanol–water partition coefficient (Wildman–Crippen LogP) is 0.354. The number of rotatable bonds is 7. The van der Waals surface area contributed by atoms with Crippen molar-refractivity contribution in [2.24, 2.45) is 16.8 Å². The molecule has 1 aliphatic rings. The number of hydrogen-bond donors (Lipinski definition) is 5. The van der Waals surface area contributed by atoms with E-state index in [-0.39, 0.29) is 41.0 Å². The minimum absolute atomic E-state index is 0.0796. The van der Waals surface area contributed by atoms with Gasteiger partial charge in [0, 0.05) is 32.4 Å². The van der Waals surface area contributed by atoms with E-state index in [1.165, 1.54) is 23.0 Å². The molecule has 2 aromatic heterocycles. The number of hydrogen-bond acceptors (Lipinski definition) is 10. The Hall–Kier alpha value is -3.91. The lowest BCUT2D eigenvalue weighted by Crippen LogP contribution is -2.65. The second-order valence-electron chi connectivity index (χ2n) is 8.03. The SMILES string of the molecule is C/C(=N\O)c1ncc(F)c2c(C(=O)C(=O)N3CCN(C(NN)N(N)c4ccccc4)CC3)c[nH]c12. The zero-order chi connectivity index (χ0) is 25.1. The van der Waals surface area contributed by atoms with Gasteiger partial charge in [-0.3, -0.25) is 25.3 Å². The Bertz CT molecular complexity index is 1260. The molecular formula is C22H26FN9O3. The lowest BCUT2D eigenvalue weighted by atomic mass is 10.1. The molecular weight excluding hydrogens is 457 g/mol. The van der Waals surface area contributed by atoms with Gasteiger partial charge in [-0.1, -0.05) is 23.4 Å². The average molecular weight is 484 g/mol. The summed E-state index contributed by atoms with van der Waals surface area (Å²) in [4.78, 5) is 36.1. The van der Waals surface area contributed by atoms with Crippen molar-refractivity contribution >= 4 is 34.0 Å². The van der Waals surface area contributed by atoms with E-state index in [1.807, 2.05) is 35.2 Å². The number of fused-ring (bicyclic) bond motifs is 1. The summed E-state index contributed by atoms with van der Waals surface area (Å²) >= 11 is 0. The van der Waals surface area contributed by atoms with Crippen molar-refractivity contribution in [2.45, 2.75) is 13.2 Å². The number of H-pyrrole nitrogens is 1. The van der Waals surface area contributed by atoms with E-state index in [0.717, 1.165) is 11.9 Å². The van der Waals surface area contributed by atoms with Crippen molar-refractivity contribution in [2.75, 3.05) is 31.2 Å². The van der Waals surface area contributed by atoms with Crippen molar-refractivity contribution in [3.8, 4) is 0 Å². The van der Waals surface area contributed by atoms with Crippen LogP contribution in [-0.4, -0.2) is 74.8 Å². The number of hydrazine groups is 2. The Morgan fingerprint density at radius 2 is 1.94 bits per heavy atom. The van der Waals surface area contributed by atoms with Crippen molar-refractivity contribution in [3.63, 3.8) is 0 Å². The van der Waals surface area contributed by atoms with Crippen molar-refractivity contribution in [3.05, 3.63) is 59.8 Å². The Morgan fingerprint density at radius 3 is 2.57 bits per heavy atom.